The highest BCUT2D eigenvalue weighted by atomic mass is 35.5. The van der Waals surface area contributed by atoms with Gasteiger partial charge in [-0.3, -0.25) is 14.4 Å². The second-order valence-corrected chi connectivity index (χ2v) is 7.96. The Hall–Kier alpha value is -2.45. The Balaban J connectivity index is 1.45. The van der Waals surface area contributed by atoms with Crippen LogP contribution in [0.15, 0.2) is 24.3 Å². The molecule has 1 aromatic carbocycles. The molecule has 0 bridgehead atoms. The van der Waals surface area contributed by atoms with Crippen LogP contribution in [0.25, 0.3) is 0 Å². The van der Waals surface area contributed by atoms with Gasteiger partial charge in [0.1, 0.15) is 4.88 Å². The van der Waals surface area contributed by atoms with E-state index >= 15 is 0 Å². The standard InChI is InChI=1S/C18H17ClN4O3S/c19-11-3-5-12(6-4-11)23-9-10(8-14(23)24)16(25)22-18-21-13-2-1-7-20-17(26)15(13)27-18/h3-6,10H,1-2,7-9H2,(H,20,26)(H,21,22,25). The zero-order valence-electron chi connectivity index (χ0n) is 14.3. The average molecular weight is 405 g/mol. The van der Waals surface area contributed by atoms with E-state index in [9.17, 15) is 14.4 Å². The number of aryl methyl sites for hydroxylation is 1. The minimum Gasteiger partial charge on any atom is -0.351 e. The zero-order valence-corrected chi connectivity index (χ0v) is 15.9. The van der Waals surface area contributed by atoms with Gasteiger partial charge in [0.05, 0.1) is 11.6 Å². The number of aromatic nitrogens is 1. The van der Waals surface area contributed by atoms with Crippen molar-refractivity contribution in [3.05, 3.63) is 39.9 Å². The maximum absolute atomic E-state index is 12.6. The second kappa shape index (κ2) is 7.28. The van der Waals surface area contributed by atoms with E-state index < -0.39 is 5.92 Å². The molecule has 1 saturated heterocycles. The highest BCUT2D eigenvalue weighted by Gasteiger charge is 2.35. The fraction of sp³-hybridized carbons (Fsp3) is 0.333. The molecule has 1 fully saturated rings. The molecule has 2 N–H and O–H groups in total. The molecule has 0 aliphatic carbocycles. The van der Waals surface area contributed by atoms with Crippen molar-refractivity contribution in [1.29, 1.82) is 0 Å². The molecule has 0 saturated carbocycles. The van der Waals surface area contributed by atoms with Gasteiger partial charge in [-0.25, -0.2) is 4.98 Å². The number of nitrogens with one attached hydrogen (secondary N) is 2. The molecule has 0 radical (unpaired) electrons. The van der Waals surface area contributed by atoms with E-state index in [-0.39, 0.29) is 24.1 Å². The molecule has 3 heterocycles. The Morgan fingerprint density at radius 2 is 2.07 bits per heavy atom. The van der Waals surface area contributed by atoms with Crippen LogP contribution in [0.1, 0.15) is 28.2 Å². The van der Waals surface area contributed by atoms with Gasteiger partial charge in [0, 0.05) is 30.2 Å². The van der Waals surface area contributed by atoms with Gasteiger partial charge >= 0.3 is 0 Å². The summed E-state index contributed by atoms with van der Waals surface area (Å²) in [7, 11) is 0. The van der Waals surface area contributed by atoms with E-state index in [1.807, 2.05) is 0 Å². The number of carbonyl (C=O) groups excluding carboxylic acids is 3. The molecule has 3 amide bonds. The quantitative estimate of drug-likeness (QED) is 0.822. The van der Waals surface area contributed by atoms with Crippen LogP contribution in [0.2, 0.25) is 5.02 Å². The lowest BCUT2D eigenvalue weighted by atomic mass is 10.1. The number of thiazole rings is 1. The van der Waals surface area contributed by atoms with Gasteiger partial charge in [0.2, 0.25) is 11.8 Å². The number of rotatable bonds is 3. The minimum atomic E-state index is -0.467. The van der Waals surface area contributed by atoms with E-state index in [0.717, 1.165) is 17.8 Å². The Morgan fingerprint density at radius 3 is 2.85 bits per heavy atom. The number of hydrogen-bond donors (Lipinski definition) is 2. The van der Waals surface area contributed by atoms with Crippen molar-refractivity contribution in [2.24, 2.45) is 5.92 Å². The van der Waals surface area contributed by atoms with Gasteiger partial charge < -0.3 is 15.5 Å². The van der Waals surface area contributed by atoms with Gasteiger partial charge in [-0.2, -0.15) is 0 Å². The summed E-state index contributed by atoms with van der Waals surface area (Å²) < 4.78 is 0. The summed E-state index contributed by atoms with van der Waals surface area (Å²) in [4.78, 5) is 43.5. The van der Waals surface area contributed by atoms with Crippen molar-refractivity contribution in [2.75, 3.05) is 23.3 Å². The van der Waals surface area contributed by atoms with E-state index in [1.54, 1.807) is 29.2 Å². The number of anilines is 2. The fourth-order valence-corrected chi connectivity index (χ4v) is 4.31. The summed E-state index contributed by atoms with van der Waals surface area (Å²) in [6.07, 6.45) is 1.66. The average Bonchev–Trinajstić information content (AvgIpc) is 3.18. The number of hydrogen-bond acceptors (Lipinski definition) is 5. The predicted molar refractivity (Wildman–Crippen MR) is 103 cm³/mol. The first-order chi connectivity index (χ1) is 13.0. The highest BCUT2D eigenvalue weighted by Crippen LogP contribution is 2.29. The van der Waals surface area contributed by atoms with Gasteiger partial charge in [-0.1, -0.05) is 22.9 Å². The monoisotopic (exact) mass is 404 g/mol. The van der Waals surface area contributed by atoms with Gasteiger partial charge in [-0.05, 0) is 37.1 Å². The summed E-state index contributed by atoms with van der Waals surface area (Å²) in [6.45, 7) is 0.937. The van der Waals surface area contributed by atoms with E-state index in [1.165, 1.54) is 11.3 Å². The predicted octanol–water partition coefficient (Wildman–Crippen LogP) is 2.46. The van der Waals surface area contributed by atoms with Crippen LogP contribution >= 0.6 is 22.9 Å². The maximum Gasteiger partial charge on any atom is 0.263 e. The van der Waals surface area contributed by atoms with Crippen molar-refractivity contribution in [3.63, 3.8) is 0 Å². The molecule has 2 aliphatic heterocycles. The minimum absolute atomic E-state index is 0.105. The first kappa shape index (κ1) is 17.9. The molecular weight excluding hydrogens is 388 g/mol. The third-order valence-corrected chi connectivity index (χ3v) is 5.91. The number of carbonyl (C=O) groups is 3. The van der Waals surface area contributed by atoms with Crippen LogP contribution in [-0.4, -0.2) is 35.8 Å². The largest absolute Gasteiger partial charge is 0.351 e. The number of fused-ring (bicyclic) bond motifs is 1. The molecule has 7 nitrogen and oxygen atoms in total. The molecule has 1 atom stereocenters. The number of amides is 3. The van der Waals surface area contributed by atoms with Crippen LogP contribution in [0.3, 0.4) is 0 Å². The molecule has 0 spiro atoms. The van der Waals surface area contributed by atoms with Crippen LogP contribution < -0.4 is 15.5 Å². The smallest absolute Gasteiger partial charge is 0.263 e. The van der Waals surface area contributed by atoms with Crippen molar-refractivity contribution in [3.8, 4) is 0 Å². The van der Waals surface area contributed by atoms with Gasteiger partial charge in [0.15, 0.2) is 5.13 Å². The lowest BCUT2D eigenvalue weighted by Crippen LogP contribution is -2.28. The lowest BCUT2D eigenvalue weighted by molar-refractivity contribution is -0.122. The Labute approximate surface area is 164 Å². The normalized spacial score (nSPS) is 19.4. The van der Waals surface area contributed by atoms with Crippen molar-refractivity contribution >= 4 is 51.5 Å². The summed E-state index contributed by atoms with van der Waals surface area (Å²) in [6, 6.07) is 6.95. The summed E-state index contributed by atoms with van der Waals surface area (Å²) >= 11 is 7.06. The van der Waals surface area contributed by atoms with E-state index in [4.69, 9.17) is 11.6 Å². The van der Waals surface area contributed by atoms with Gasteiger partial charge in [0.25, 0.3) is 5.91 Å². The van der Waals surface area contributed by atoms with E-state index in [0.29, 0.717) is 34.5 Å². The molecule has 27 heavy (non-hydrogen) atoms. The third kappa shape index (κ3) is 3.68. The van der Waals surface area contributed by atoms with Crippen LogP contribution in [-0.2, 0) is 16.0 Å². The summed E-state index contributed by atoms with van der Waals surface area (Å²) in [5.74, 6) is -0.980. The Bertz CT molecular complexity index is 912. The molecule has 1 unspecified atom stereocenters. The molecular formula is C18H17ClN4O3S. The van der Waals surface area contributed by atoms with Crippen molar-refractivity contribution in [2.45, 2.75) is 19.3 Å². The first-order valence-corrected chi connectivity index (χ1v) is 9.85. The molecule has 140 valence electrons. The first-order valence-electron chi connectivity index (χ1n) is 8.66. The topological polar surface area (TPSA) is 91.4 Å². The van der Waals surface area contributed by atoms with Crippen molar-refractivity contribution < 1.29 is 14.4 Å². The van der Waals surface area contributed by atoms with Gasteiger partial charge in [-0.15, -0.1) is 0 Å². The summed E-state index contributed by atoms with van der Waals surface area (Å²) in [5, 5.41) is 6.58. The van der Waals surface area contributed by atoms with Crippen LogP contribution in [0.4, 0.5) is 10.8 Å². The molecule has 2 aromatic rings. The van der Waals surface area contributed by atoms with Crippen LogP contribution in [0.5, 0.6) is 0 Å². The molecule has 9 heteroatoms. The highest BCUT2D eigenvalue weighted by molar-refractivity contribution is 7.17. The lowest BCUT2D eigenvalue weighted by Gasteiger charge is -2.16. The third-order valence-electron chi connectivity index (χ3n) is 4.64. The Morgan fingerprint density at radius 1 is 1.30 bits per heavy atom. The van der Waals surface area contributed by atoms with Crippen LogP contribution in [0, 0.1) is 5.92 Å². The maximum atomic E-state index is 12.6. The fourth-order valence-electron chi connectivity index (χ4n) is 3.25. The number of benzene rings is 1. The molecule has 4 rings (SSSR count). The summed E-state index contributed by atoms with van der Waals surface area (Å²) in [5.41, 5.74) is 1.44. The molecule has 1 aromatic heterocycles. The zero-order chi connectivity index (χ0) is 19.0. The van der Waals surface area contributed by atoms with E-state index in [2.05, 4.69) is 15.6 Å². The SMILES string of the molecule is O=C1NCCCc2nc(NC(=O)C3CC(=O)N(c4ccc(Cl)cc4)C3)sc21. The Kier molecular flexibility index (Phi) is 4.84. The number of nitrogens with zero attached hydrogens (tertiary/aromatic N) is 2. The second-order valence-electron chi connectivity index (χ2n) is 6.53. The molecule has 2 aliphatic rings. The van der Waals surface area contributed by atoms with Crippen molar-refractivity contribution in [1.82, 2.24) is 10.3 Å². The number of halogens is 1.